The fraction of sp³-hybridized carbons (Fsp3) is 0.500. The van der Waals surface area contributed by atoms with Crippen LogP contribution in [-0.4, -0.2) is 114 Å². The minimum atomic E-state index is -5.16. The number of phosphoric acid groups is 1. The van der Waals surface area contributed by atoms with Gasteiger partial charge in [-0.05, 0) is 0 Å². The highest BCUT2D eigenvalue weighted by atomic mass is 31.2. The molecule has 0 amide bonds. The first-order chi connectivity index (χ1) is 21.4. The number of aromatic amines is 1. The van der Waals surface area contributed by atoms with Crippen molar-refractivity contribution in [3.63, 3.8) is 0 Å². The molecule has 6 rings (SSSR count). The van der Waals surface area contributed by atoms with E-state index in [0.717, 1.165) is 21.7 Å². The number of hydrogen-bond donors (Lipinski definition) is 8. The standard InChI is InChI=1S/C20H26N10O13P2/c21-19-27-16-9(17(34)28-19)25-5-29(16)18-14(10(32)7(2-31)41-18)43-45(37,38)39-3-8-13(42-44(35)36)11(33)12(40-8)6-1-26-30-15(6)23-4-24-20(30)22/h1,4-5,7-8,10-14,18,31-33,44H,2-3H2,(H,35,36)(H,37,38)(H2,22,23,24)(H3,21,27,28,34)/t7-,8-,10-,11+,12+,13-,14-,18-/m1/s1. The average Bonchev–Trinajstić information content (AvgIpc) is 3.73. The molecule has 0 radical (unpaired) electrons. The van der Waals surface area contributed by atoms with E-state index in [1.165, 1.54) is 6.20 Å². The number of aromatic nitrogens is 8. The van der Waals surface area contributed by atoms with E-state index in [1.54, 1.807) is 0 Å². The van der Waals surface area contributed by atoms with Crippen molar-refractivity contribution in [1.82, 2.24) is 39.1 Å². The maximum Gasteiger partial charge on any atom is 0.472 e. The Hall–Kier alpha value is -3.44. The highest BCUT2D eigenvalue weighted by Gasteiger charge is 2.51. The van der Waals surface area contributed by atoms with E-state index < -0.39 is 83.8 Å². The second-order valence-electron chi connectivity index (χ2n) is 9.85. The SMILES string of the molecule is Nc1nc2c(ncn2[C@@H]2O[C@H](CO)[C@@H](O)[C@H]2OP(=O)(O)OC[C@H]2O[C@@H](c3cnn4c(N)ncnc34)[C@H](O)[C@@H]2O[PH](=O)O)c(=O)[nH]1. The average molecular weight is 676 g/mol. The quantitative estimate of drug-likeness (QED) is 0.0764. The zero-order chi connectivity index (χ0) is 32.2. The van der Waals surface area contributed by atoms with Crippen molar-refractivity contribution < 1.29 is 57.3 Å². The number of rotatable bonds is 10. The summed E-state index contributed by atoms with van der Waals surface area (Å²) in [7, 11) is -8.83. The van der Waals surface area contributed by atoms with Crippen LogP contribution in [0.5, 0.6) is 0 Å². The van der Waals surface area contributed by atoms with Gasteiger partial charge in [-0.15, -0.1) is 0 Å². The van der Waals surface area contributed by atoms with Crippen molar-refractivity contribution in [2.45, 2.75) is 49.0 Å². The molecule has 0 bridgehead atoms. The summed E-state index contributed by atoms with van der Waals surface area (Å²) in [5.74, 6) is -0.306. The molecule has 2 saturated heterocycles. The monoisotopic (exact) mass is 676 g/mol. The number of imidazole rings is 1. The van der Waals surface area contributed by atoms with Crippen LogP contribution in [0.3, 0.4) is 0 Å². The van der Waals surface area contributed by atoms with Crippen molar-refractivity contribution in [2.24, 2.45) is 0 Å². The van der Waals surface area contributed by atoms with Crippen LogP contribution in [0.1, 0.15) is 17.9 Å². The molecule has 0 aliphatic carbocycles. The summed E-state index contributed by atoms with van der Waals surface area (Å²) in [6.45, 7) is -1.57. The molecule has 2 aliphatic heterocycles. The maximum atomic E-state index is 13.1. The largest absolute Gasteiger partial charge is 0.472 e. The van der Waals surface area contributed by atoms with Gasteiger partial charge in [0.2, 0.25) is 11.9 Å². The number of fused-ring (bicyclic) bond motifs is 2. The molecule has 6 heterocycles. The Kier molecular flexibility index (Phi) is 8.45. The Bertz CT molecular complexity index is 1850. The third-order valence-electron chi connectivity index (χ3n) is 7.11. The Morgan fingerprint density at radius 3 is 2.62 bits per heavy atom. The van der Waals surface area contributed by atoms with E-state index in [9.17, 15) is 39.0 Å². The molecule has 0 saturated carbocycles. The van der Waals surface area contributed by atoms with E-state index >= 15 is 0 Å². The van der Waals surface area contributed by atoms with Crippen molar-refractivity contribution in [3.8, 4) is 0 Å². The zero-order valence-electron chi connectivity index (χ0n) is 22.5. The molecule has 0 aromatic carbocycles. The molecule has 244 valence electrons. The van der Waals surface area contributed by atoms with Gasteiger partial charge in [-0.3, -0.25) is 28.0 Å². The Balaban J connectivity index is 1.22. The minimum absolute atomic E-state index is 0.0280. The number of phosphoric ester groups is 1. The van der Waals surface area contributed by atoms with Gasteiger partial charge in [0.15, 0.2) is 23.0 Å². The fourth-order valence-corrected chi connectivity index (χ4v) is 6.59. The van der Waals surface area contributed by atoms with Crippen LogP contribution >= 0.6 is 16.1 Å². The van der Waals surface area contributed by atoms with Crippen molar-refractivity contribution in [1.29, 1.82) is 0 Å². The number of nitrogen functional groups attached to an aromatic ring is 2. The van der Waals surface area contributed by atoms with E-state index in [4.69, 9.17) is 34.5 Å². The summed E-state index contributed by atoms with van der Waals surface area (Å²) in [4.78, 5) is 50.3. The van der Waals surface area contributed by atoms with E-state index in [2.05, 4.69) is 30.0 Å². The summed E-state index contributed by atoms with van der Waals surface area (Å²) in [5, 5.41) is 35.4. The van der Waals surface area contributed by atoms with Crippen LogP contribution < -0.4 is 17.0 Å². The predicted octanol–water partition coefficient (Wildman–Crippen LogP) is -3.26. The molecular weight excluding hydrogens is 650 g/mol. The lowest BCUT2D eigenvalue weighted by atomic mass is 10.0. The van der Waals surface area contributed by atoms with E-state index in [-0.39, 0.29) is 34.3 Å². The number of H-pyrrole nitrogens is 1. The van der Waals surface area contributed by atoms with Gasteiger partial charge in [0.1, 0.15) is 49.1 Å². The molecule has 10 atom stereocenters. The van der Waals surface area contributed by atoms with Crippen LogP contribution in [0.4, 0.5) is 11.9 Å². The summed E-state index contributed by atoms with van der Waals surface area (Å²) >= 11 is 0. The van der Waals surface area contributed by atoms with E-state index in [1.807, 2.05) is 0 Å². The fourth-order valence-electron chi connectivity index (χ4n) is 5.13. The van der Waals surface area contributed by atoms with Crippen LogP contribution in [0.15, 0.2) is 23.6 Å². The number of nitrogens with one attached hydrogen (secondary N) is 1. The second kappa shape index (κ2) is 12.1. The molecule has 2 aliphatic rings. The predicted molar refractivity (Wildman–Crippen MR) is 145 cm³/mol. The van der Waals surface area contributed by atoms with Gasteiger partial charge in [0, 0.05) is 5.56 Å². The van der Waals surface area contributed by atoms with Crippen LogP contribution in [0.25, 0.3) is 16.8 Å². The molecule has 45 heavy (non-hydrogen) atoms. The van der Waals surface area contributed by atoms with Crippen molar-refractivity contribution in [3.05, 3.63) is 34.8 Å². The van der Waals surface area contributed by atoms with Gasteiger partial charge in [0.05, 0.1) is 25.7 Å². The molecule has 25 heteroatoms. The summed E-state index contributed by atoms with van der Waals surface area (Å²) in [6, 6.07) is 0. The summed E-state index contributed by atoms with van der Waals surface area (Å²) in [6.07, 6.45) is -8.52. The first-order valence-corrected chi connectivity index (χ1v) is 15.6. The minimum Gasteiger partial charge on any atom is -0.394 e. The lowest BCUT2D eigenvalue weighted by Gasteiger charge is -2.25. The number of nitrogens with two attached hydrogens (primary N) is 2. The van der Waals surface area contributed by atoms with Crippen LogP contribution in [0.2, 0.25) is 0 Å². The molecule has 0 spiro atoms. The Morgan fingerprint density at radius 2 is 1.89 bits per heavy atom. The van der Waals surface area contributed by atoms with Gasteiger partial charge >= 0.3 is 16.1 Å². The number of ether oxygens (including phenoxy) is 2. The molecule has 10 N–H and O–H groups in total. The number of anilines is 2. The third-order valence-corrected chi connectivity index (χ3v) is 8.57. The molecule has 4 aromatic heterocycles. The number of hydrogen-bond acceptors (Lipinski definition) is 18. The number of aliphatic hydroxyl groups excluding tert-OH is 3. The topological polar surface area (TPSA) is 340 Å². The molecular formula is C20H26N10O13P2. The lowest BCUT2D eigenvalue weighted by molar-refractivity contribution is -0.0544. The van der Waals surface area contributed by atoms with Gasteiger partial charge in [-0.1, -0.05) is 0 Å². The number of aliphatic hydroxyl groups is 3. The van der Waals surface area contributed by atoms with Crippen LogP contribution in [0, 0.1) is 0 Å². The highest BCUT2D eigenvalue weighted by molar-refractivity contribution is 7.47. The Labute approximate surface area is 249 Å². The highest BCUT2D eigenvalue weighted by Crippen LogP contribution is 2.50. The van der Waals surface area contributed by atoms with Crippen molar-refractivity contribution in [2.75, 3.05) is 24.7 Å². The normalized spacial score (nSPS) is 30.7. The second-order valence-corrected chi connectivity index (χ2v) is 12.0. The maximum absolute atomic E-state index is 13.1. The Morgan fingerprint density at radius 1 is 1.11 bits per heavy atom. The first kappa shape index (κ1) is 31.5. The lowest BCUT2D eigenvalue weighted by Crippen LogP contribution is -2.36. The smallest absolute Gasteiger partial charge is 0.394 e. The van der Waals surface area contributed by atoms with Crippen molar-refractivity contribution >= 4 is 44.8 Å². The zero-order valence-corrected chi connectivity index (χ0v) is 24.4. The molecule has 4 aromatic rings. The third kappa shape index (κ3) is 5.85. The molecule has 2 unspecified atom stereocenters. The van der Waals surface area contributed by atoms with Gasteiger partial charge in [-0.2, -0.15) is 14.6 Å². The number of nitrogens with zero attached hydrogens (tertiary/aromatic N) is 7. The van der Waals surface area contributed by atoms with Crippen LogP contribution in [-0.2, 0) is 32.2 Å². The van der Waals surface area contributed by atoms with Gasteiger partial charge < -0.3 is 50.6 Å². The molecule has 2 fully saturated rings. The van der Waals surface area contributed by atoms with E-state index in [0.29, 0.717) is 0 Å². The summed E-state index contributed by atoms with van der Waals surface area (Å²) < 4.78 is 53.8. The summed E-state index contributed by atoms with van der Waals surface area (Å²) in [5.41, 5.74) is 10.8. The van der Waals surface area contributed by atoms with Gasteiger partial charge in [-0.25, -0.2) is 19.5 Å². The first-order valence-electron chi connectivity index (χ1n) is 12.9. The van der Waals surface area contributed by atoms with Gasteiger partial charge in [0.25, 0.3) is 5.56 Å². The molecule has 23 nitrogen and oxygen atoms in total.